The minimum absolute atomic E-state index is 0.0347. The van der Waals surface area contributed by atoms with Crippen LogP contribution in [0.4, 0.5) is 0 Å². The lowest BCUT2D eigenvalue weighted by Gasteiger charge is -2.15. The number of aliphatic hydroxyl groups is 1. The Hall–Kier alpha value is -2.04. The van der Waals surface area contributed by atoms with E-state index >= 15 is 0 Å². The van der Waals surface area contributed by atoms with Crippen molar-refractivity contribution >= 4 is 0 Å². The maximum absolute atomic E-state index is 9.14. The second kappa shape index (κ2) is 6.41. The van der Waals surface area contributed by atoms with E-state index in [0.717, 1.165) is 11.1 Å². The second-order valence-electron chi connectivity index (χ2n) is 4.57. The quantitative estimate of drug-likeness (QED) is 0.879. The zero-order valence-corrected chi connectivity index (χ0v) is 11.7. The fourth-order valence-electron chi connectivity index (χ4n) is 1.96. The third-order valence-corrected chi connectivity index (χ3v) is 3.04. The molecule has 20 heavy (non-hydrogen) atoms. The van der Waals surface area contributed by atoms with Gasteiger partial charge in [-0.25, -0.2) is 0 Å². The van der Waals surface area contributed by atoms with Crippen molar-refractivity contribution in [2.75, 3.05) is 7.11 Å². The van der Waals surface area contributed by atoms with Crippen LogP contribution in [0.3, 0.4) is 0 Å². The van der Waals surface area contributed by atoms with Crippen LogP contribution in [0.5, 0.6) is 17.2 Å². The summed E-state index contributed by atoms with van der Waals surface area (Å²) in [6.45, 7) is 1.88. The van der Waals surface area contributed by atoms with Gasteiger partial charge < -0.3 is 20.3 Å². The number of benzene rings is 2. The first kappa shape index (κ1) is 14.4. The molecule has 1 unspecified atom stereocenters. The van der Waals surface area contributed by atoms with Crippen LogP contribution in [0.15, 0.2) is 42.5 Å². The molecule has 0 amide bonds. The molecule has 4 nitrogen and oxygen atoms in total. The van der Waals surface area contributed by atoms with Gasteiger partial charge in [0, 0.05) is 11.6 Å². The fraction of sp³-hybridized carbons (Fsp3) is 0.250. The Morgan fingerprint density at radius 2 is 1.85 bits per heavy atom. The Morgan fingerprint density at radius 1 is 1.10 bits per heavy atom. The summed E-state index contributed by atoms with van der Waals surface area (Å²) in [5, 5.41) is 9.14. The van der Waals surface area contributed by atoms with Crippen molar-refractivity contribution in [2.24, 2.45) is 5.73 Å². The van der Waals surface area contributed by atoms with E-state index in [9.17, 15) is 0 Å². The predicted octanol–water partition coefficient (Wildman–Crippen LogP) is 3.00. The average Bonchev–Trinajstić information content (AvgIpc) is 2.48. The molecule has 0 heterocycles. The number of rotatable bonds is 5. The first-order valence-electron chi connectivity index (χ1n) is 6.46. The molecule has 0 aromatic heterocycles. The molecule has 0 fully saturated rings. The molecule has 0 aliphatic rings. The van der Waals surface area contributed by atoms with Gasteiger partial charge >= 0.3 is 0 Å². The first-order chi connectivity index (χ1) is 9.65. The third-order valence-electron chi connectivity index (χ3n) is 3.04. The van der Waals surface area contributed by atoms with Gasteiger partial charge in [0.2, 0.25) is 0 Å². The molecule has 0 aliphatic carbocycles. The Morgan fingerprint density at radius 3 is 2.50 bits per heavy atom. The third kappa shape index (κ3) is 3.10. The molecule has 2 aromatic rings. The Balaban J connectivity index is 2.35. The molecule has 0 spiro atoms. The molecule has 2 rings (SSSR count). The van der Waals surface area contributed by atoms with Crippen LogP contribution >= 0.6 is 0 Å². The number of ether oxygens (including phenoxy) is 2. The first-order valence-corrected chi connectivity index (χ1v) is 6.46. The summed E-state index contributed by atoms with van der Waals surface area (Å²) in [7, 11) is 1.57. The molecule has 0 saturated carbocycles. The molecular formula is C16H19NO3. The van der Waals surface area contributed by atoms with E-state index in [1.807, 2.05) is 31.2 Å². The van der Waals surface area contributed by atoms with E-state index in [1.165, 1.54) is 0 Å². The minimum atomic E-state index is -0.117. The summed E-state index contributed by atoms with van der Waals surface area (Å²) in [4.78, 5) is 0. The van der Waals surface area contributed by atoms with Gasteiger partial charge in [0.25, 0.3) is 0 Å². The topological polar surface area (TPSA) is 64.7 Å². The summed E-state index contributed by atoms with van der Waals surface area (Å²) in [6.07, 6.45) is 0. The standard InChI is InChI=1S/C16H19NO3/c1-11(17)13-5-3-4-6-14(13)20-15-8-7-12(10-18)9-16(15)19-2/h3-9,11,18H,10,17H2,1-2H3. The normalized spacial score (nSPS) is 12.0. The van der Waals surface area contributed by atoms with Crippen molar-refractivity contribution in [3.05, 3.63) is 53.6 Å². The van der Waals surface area contributed by atoms with E-state index in [2.05, 4.69) is 0 Å². The minimum Gasteiger partial charge on any atom is -0.493 e. The largest absolute Gasteiger partial charge is 0.493 e. The molecule has 3 N–H and O–H groups in total. The van der Waals surface area contributed by atoms with E-state index in [0.29, 0.717) is 17.2 Å². The van der Waals surface area contributed by atoms with Crippen molar-refractivity contribution < 1.29 is 14.6 Å². The highest BCUT2D eigenvalue weighted by molar-refractivity contribution is 5.47. The summed E-state index contributed by atoms with van der Waals surface area (Å²) in [6, 6.07) is 12.9. The Bertz CT molecular complexity index is 582. The smallest absolute Gasteiger partial charge is 0.169 e. The number of aliphatic hydroxyl groups excluding tert-OH is 1. The molecule has 0 aliphatic heterocycles. The Kier molecular flexibility index (Phi) is 4.61. The summed E-state index contributed by atoms with van der Waals surface area (Å²) in [5.74, 6) is 1.88. The van der Waals surface area contributed by atoms with Crippen LogP contribution in [0.1, 0.15) is 24.1 Å². The van der Waals surface area contributed by atoms with Crippen molar-refractivity contribution in [3.8, 4) is 17.2 Å². The number of para-hydroxylation sites is 1. The monoisotopic (exact) mass is 273 g/mol. The lowest BCUT2D eigenvalue weighted by atomic mass is 10.1. The van der Waals surface area contributed by atoms with E-state index in [-0.39, 0.29) is 12.6 Å². The van der Waals surface area contributed by atoms with Crippen molar-refractivity contribution in [2.45, 2.75) is 19.6 Å². The number of methoxy groups -OCH3 is 1. The lowest BCUT2D eigenvalue weighted by molar-refractivity contribution is 0.280. The van der Waals surface area contributed by atoms with Gasteiger partial charge in [-0.05, 0) is 30.7 Å². The molecule has 0 bridgehead atoms. The number of hydrogen-bond acceptors (Lipinski definition) is 4. The van der Waals surface area contributed by atoms with Crippen molar-refractivity contribution in [3.63, 3.8) is 0 Å². The molecule has 0 saturated heterocycles. The Labute approximate surface area is 118 Å². The molecular weight excluding hydrogens is 254 g/mol. The van der Waals surface area contributed by atoms with E-state index in [4.69, 9.17) is 20.3 Å². The highest BCUT2D eigenvalue weighted by Gasteiger charge is 2.11. The zero-order valence-electron chi connectivity index (χ0n) is 11.7. The molecule has 4 heteroatoms. The van der Waals surface area contributed by atoms with Crippen LogP contribution < -0.4 is 15.2 Å². The average molecular weight is 273 g/mol. The molecule has 1 atom stereocenters. The van der Waals surface area contributed by atoms with E-state index in [1.54, 1.807) is 25.3 Å². The highest BCUT2D eigenvalue weighted by atomic mass is 16.5. The lowest BCUT2D eigenvalue weighted by Crippen LogP contribution is -2.06. The van der Waals surface area contributed by atoms with Crippen molar-refractivity contribution in [1.29, 1.82) is 0 Å². The summed E-state index contributed by atoms with van der Waals surface area (Å²) >= 11 is 0. The van der Waals surface area contributed by atoms with Gasteiger partial charge in [-0.1, -0.05) is 24.3 Å². The maximum atomic E-state index is 9.14. The van der Waals surface area contributed by atoms with E-state index < -0.39 is 0 Å². The zero-order chi connectivity index (χ0) is 14.5. The maximum Gasteiger partial charge on any atom is 0.169 e. The van der Waals surface area contributed by atoms with Gasteiger partial charge in [0.05, 0.1) is 13.7 Å². The van der Waals surface area contributed by atoms with Crippen LogP contribution in [0, 0.1) is 0 Å². The van der Waals surface area contributed by atoms with Crippen LogP contribution in [0.25, 0.3) is 0 Å². The SMILES string of the molecule is COc1cc(CO)ccc1Oc1ccccc1C(C)N. The highest BCUT2D eigenvalue weighted by Crippen LogP contribution is 2.35. The van der Waals surface area contributed by atoms with Crippen LogP contribution in [-0.2, 0) is 6.61 Å². The van der Waals surface area contributed by atoms with Gasteiger partial charge in [-0.2, -0.15) is 0 Å². The summed E-state index contributed by atoms with van der Waals surface area (Å²) < 4.78 is 11.2. The fourth-order valence-corrected chi connectivity index (χ4v) is 1.96. The van der Waals surface area contributed by atoms with Crippen LogP contribution in [-0.4, -0.2) is 12.2 Å². The predicted molar refractivity (Wildman–Crippen MR) is 78.0 cm³/mol. The van der Waals surface area contributed by atoms with Gasteiger partial charge in [0.1, 0.15) is 5.75 Å². The number of hydrogen-bond donors (Lipinski definition) is 2. The second-order valence-corrected chi connectivity index (χ2v) is 4.57. The molecule has 2 aromatic carbocycles. The molecule has 0 radical (unpaired) electrons. The molecule has 106 valence electrons. The van der Waals surface area contributed by atoms with Crippen LogP contribution in [0.2, 0.25) is 0 Å². The van der Waals surface area contributed by atoms with Crippen molar-refractivity contribution in [1.82, 2.24) is 0 Å². The van der Waals surface area contributed by atoms with Gasteiger partial charge in [-0.15, -0.1) is 0 Å². The summed E-state index contributed by atoms with van der Waals surface area (Å²) in [5.41, 5.74) is 7.64. The van der Waals surface area contributed by atoms with Gasteiger partial charge in [-0.3, -0.25) is 0 Å². The number of nitrogens with two attached hydrogens (primary N) is 1. The van der Waals surface area contributed by atoms with Gasteiger partial charge in [0.15, 0.2) is 11.5 Å².